The van der Waals surface area contributed by atoms with Crippen LogP contribution in [0.2, 0.25) is 0 Å². The Kier molecular flexibility index (Phi) is 9.50. The van der Waals surface area contributed by atoms with Gasteiger partial charge in [-0.15, -0.1) is 0 Å². The van der Waals surface area contributed by atoms with Crippen LogP contribution < -0.4 is 15.0 Å². The largest absolute Gasteiger partial charge is 0.486 e. The minimum Gasteiger partial charge on any atom is -0.486 e. The van der Waals surface area contributed by atoms with Gasteiger partial charge in [-0.1, -0.05) is 0 Å². The molecule has 4 heterocycles. The average Bonchev–Trinajstić information content (AvgIpc) is 3.05. The van der Waals surface area contributed by atoms with E-state index in [4.69, 9.17) is 14.6 Å². The number of ether oxygens (including phenoxy) is 2. The van der Waals surface area contributed by atoms with Gasteiger partial charge in [0.1, 0.15) is 30.1 Å². The lowest BCUT2D eigenvalue weighted by Gasteiger charge is -2.43. The van der Waals surface area contributed by atoms with Crippen molar-refractivity contribution >= 4 is 23.2 Å². The minimum absolute atomic E-state index is 0.127. The summed E-state index contributed by atoms with van der Waals surface area (Å²) in [7, 11) is 0. The number of anilines is 3. The van der Waals surface area contributed by atoms with Gasteiger partial charge in [0, 0.05) is 50.4 Å². The number of amides is 1. The zero-order valence-electron chi connectivity index (χ0n) is 24.9. The summed E-state index contributed by atoms with van der Waals surface area (Å²) in [6.45, 7) is 3.79. The van der Waals surface area contributed by atoms with Gasteiger partial charge in [-0.25, -0.2) is 18.7 Å². The molecule has 13 nitrogen and oxygen atoms in total. The molecular formula is C31H34F2N8O5. The number of likely N-dealkylation sites (tertiary alicyclic amines) is 1. The first-order valence-electron chi connectivity index (χ1n) is 15.1. The number of aliphatic hydroxyl groups excluding tert-OH is 2. The van der Waals surface area contributed by atoms with Crippen LogP contribution in [0.4, 0.5) is 26.1 Å². The van der Waals surface area contributed by atoms with Gasteiger partial charge in [0.05, 0.1) is 43.7 Å². The number of hydrogen-bond acceptors (Lipinski definition) is 12. The first-order valence-corrected chi connectivity index (χ1v) is 15.1. The molecule has 0 bridgehead atoms. The summed E-state index contributed by atoms with van der Waals surface area (Å²) in [6.07, 6.45) is -2.65. The van der Waals surface area contributed by atoms with Crippen LogP contribution in [0, 0.1) is 17.1 Å². The second-order valence-electron chi connectivity index (χ2n) is 11.4. The number of nitrogens with zero attached hydrogens (tertiary/aromatic N) is 7. The number of carbonyl (C=O) groups excluding carboxylic acids is 1. The number of aliphatic hydroxyl groups is 2. The highest BCUT2D eigenvalue weighted by molar-refractivity contribution is 5.81. The van der Waals surface area contributed by atoms with Crippen molar-refractivity contribution < 1.29 is 33.3 Å². The predicted octanol–water partition coefficient (Wildman–Crippen LogP) is 1.48. The number of hydrogen-bond donors (Lipinski definition) is 3. The lowest BCUT2D eigenvalue weighted by atomic mass is 10.0. The van der Waals surface area contributed by atoms with E-state index in [0.717, 1.165) is 44.3 Å². The van der Waals surface area contributed by atoms with Crippen LogP contribution in [0.5, 0.6) is 5.75 Å². The quantitative estimate of drug-likeness (QED) is 0.311. The van der Waals surface area contributed by atoms with Crippen molar-refractivity contribution in [1.29, 1.82) is 5.26 Å². The molecule has 0 aliphatic carbocycles. The van der Waals surface area contributed by atoms with Crippen LogP contribution in [0.25, 0.3) is 11.4 Å². The zero-order chi connectivity index (χ0) is 32.2. The summed E-state index contributed by atoms with van der Waals surface area (Å²) in [4.78, 5) is 30.4. The maximum Gasteiger partial charge on any atom is 0.253 e. The van der Waals surface area contributed by atoms with E-state index in [9.17, 15) is 19.6 Å². The van der Waals surface area contributed by atoms with E-state index in [-0.39, 0.29) is 48.4 Å². The van der Waals surface area contributed by atoms with Crippen LogP contribution in [-0.4, -0.2) is 124 Å². The molecule has 1 amide bonds. The van der Waals surface area contributed by atoms with E-state index >= 15 is 4.39 Å². The molecule has 15 heteroatoms. The molecule has 3 fully saturated rings. The normalized spacial score (nSPS) is 21.3. The highest BCUT2D eigenvalue weighted by atomic mass is 19.1. The first-order chi connectivity index (χ1) is 22.3. The topological polar surface area (TPSA) is 160 Å². The van der Waals surface area contributed by atoms with Gasteiger partial charge in [0.15, 0.2) is 18.1 Å². The Balaban J connectivity index is 1.09. The van der Waals surface area contributed by atoms with Crippen LogP contribution in [0.15, 0.2) is 42.7 Å². The van der Waals surface area contributed by atoms with Crippen molar-refractivity contribution in [3.8, 4) is 23.2 Å². The lowest BCUT2D eigenvalue weighted by Crippen LogP contribution is -2.56. The minimum atomic E-state index is -1.60. The number of halogens is 2. The van der Waals surface area contributed by atoms with E-state index in [1.165, 1.54) is 24.5 Å². The summed E-state index contributed by atoms with van der Waals surface area (Å²) in [5.41, 5.74) is 1.62. The number of carbonyl (C=O) groups is 1. The molecule has 3 N–H and O–H groups in total. The molecule has 2 unspecified atom stereocenters. The number of benzene rings is 2. The molecule has 1 aromatic heterocycles. The molecule has 0 spiro atoms. The molecule has 2 aromatic carbocycles. The third kappa shape index (κ3) is 6.85. The SMILES string of the molecule is N#Cc1cc(-c2ncnc(Nc3ccc(N4CCN(C5COC5)CC4)c(F)c3)n2)ccc1OC1CCN(C(=O)C(O)CO)C[C@H]1F. The Bertz CT molecular complexity index is 1600. The predicted molar refractivity (Wildman–Crippen MR) is 162 cm³/mol. The maximum absolute atomic E-state index is 15.2. The summed E-state index contributed by atoms with van der Waals surface area (Å²) in [6, 6.07) is 12.1. The van der Waals surface area contributed by atoms with E-state index in [1.807, 2.05) is 4.90 Å². The van der Waals surface area contributed by atoms with Crippen molar-refractivity contribution in [2.24, 2.45) is 0 Å². The Morgan fingerprint density at radius 2 is 1.96 bits per heavy atom. The second kappa shape index (κ2) is 13.9. The number of nitrogens with one attached hydrogen (secondary N) is 1. The molecule has 3 aromatic rings. The average molecular weight is 637 g/mol. The Hall–Kier alpha value is -4.49. The molecule has 3 atom stereocenters. The number of alkyl halides is 1. The van der Waals surface area contributed by atoms with Crippen LogP contribution in [-0.2, 0) is 9.53 Å². The fourth-order valence-electron chi connectivity index (χ4n) is 5.76. The van der Waals surface area contributed by atoms with Gasteiger partial charge < -0.3 is 34.8 Å². The number of piperazine rings is 1. The number of rotatable bonds is 9. The molecule has 3 aliphatic rings. The molecule has 46 heavy (non-hydrogen) atoms. The van der Waals surface area contributed by atoms with Crippen molar-refractivity contribution in [2.45, 2.75) is 30.8 Å². The molecule has 6 rings (SSSR count). The highest BCUT2D eigenvalue weighted by Crippen LogP contribution is 2.30. The van der Waals surface area contributed by atoms with Gasteiger partial charge in [-0.05, 0) is 36.4 Å². The van der Waals surface area contributed by atoms with Gasteiger partial charge in [0.2, 0.25) is 5.95 Å². The molecule has 0 saturated carbocycles. The van der Waals surface area contributed by atoms with Crippen molar-refractivity contribution in [2.75, 3.05) is 69.3 Å². The van der Waals surface area contributed by atoms with E-state index in [1.54, 1.807) is 18.2 Å². The Labute approximate surface area is 264 Å². The maximum atomic E-state index is 15.2. The van der Waals surface area contributed by atoms with Crippen molar-refractivity contribution in [3.05, 3.63) is 54.1 Å². The molecule has 3 saturated heterocycles. The van der Waals surface area contributed by atoms with E-state index in [0.29, 0.717) is 23.0 Å². The highest BCUT2D eigenvalue weighted by Gasteiger charge is 2.35. The smallest absolute Gasteiger partial charge is 0.253 e. The summed E-state index contributed by atoms with van der Waals surface area (Å²) < 4.78 is 41.2. The summed E-state index contributed by atoms with van der Waals surface area (Å²) in [5.74, 6) is -0.506. The summed E-state index contributed by atoms with van der Waals surface area (Å²) >= 11 is 0. The van der Waals surface area contributed by atoms with Gasteiger partial charge >= 0.3 is 0 Å². The standard InChI is InChI=1S/C31H34F2N8O5/c32-23-12-21(2-3-25(23)40-9-7-39(8-10-40)22-16-45-17-22)37-31-36-18-35-29(38-31)19-1-4-27(20(11-19)13-34)46-28-5-6-41(14-24(28)33)30(44)26(43)15-42/h1-4,11-12,18,22,24,26,28,42-43H,5-10,14-17H2,(H,35,36,37,38)/t24-,26?,28?/m1/s1. The van der Waals surface area contributed by atoms with E-state index < -0.39 is 30.9 Å². The zero-order valence-corrected chi connectivity index (χ0v) is 24.9. The van der Waals surface area contributed by atoms with Crippen LogP contribution >= 0.6 is 0 Å². The third-order valence-electron chi connectivity index (χ3n) is 8.46. The monoisotopic (exact) mass is 636 g/mol. The summed E-state index contributed by atoms with van der Waals surface area (Å²) in [5, 5.41) is 31.4. The molecular weight excluding hydrogens is 602 g/mol. The fourth-order valence-corrected chi connectivity index (χ4v) is 5.76. The lowest BCUT2D eigenvalue weighted by molar-refractivity contribution is -0.146. The van der Waals surface area contributed by atoms with Gasteiger partial charge in [-0.3, -0.25) is 9.69 Å². The molecule has 3 aliphatic heterocycles. The Morgan fingerprint density at radius 1 is 1.15 bits per heavy atom. The van der Waals surface area contributed by atoms with Crippen LogP contribution in [0.1, 0.15) is 12.0 Å². The molecule has 242 valence electrons. The second-order valence-corrected chi connectivity index (χ2v) is 11.4. The number of piperidine rings is 1. The van der Waals surface area contributed by atoms with Gasteiger partial charge in [-0.2, -0.15) is 10.2 Å². The fraction of sp³-hybridized carbons (Fsp3) is 0.452. The Morgan fingerprint density at radius 3 is 2.63 bits per heavy atom. The molecule has 0 radical (unpaired) electrons. The van der Waals surface area contributed by atoms with Crippen molar-refractivity contribution in [1.82, 2.24) is 24.8 Å². The number of aromatic nitrogens is 3. The first kappa shape index (κ1) is 31.5. The third-order valence-corrected chi connectivity index (χ3v) is 8.46. The van der Waals surface area contributed by atoms with Gasteiger partial charge in [0.25, 0.3) is 5.91 Å². The van der Waals surface area contributed by atoms with Crippen molar-refractivity contribution in [3.63, 3.8) is 0 Å². The number of nitriles is 1. The van der Waals surface area contributed by atoms with Crippen LogP contribution in [0.3, 0.4) is 0 Å². The van der Waals surface area contributed by atoms with E-state index in [2.05, 4.69) is 31.2 Å².